The SMILES string of the molecule is Cc1ccc(C)c(OCc2ccc(C(=O)NN)o2)c1C. The first-order valence-corrected chi connectivity index (χ1v) is 6.32. The first-order chi connectivity index (χ1) is 9.52. The Bertz CT molecular complexity index is 632. The number of hydrazine groups is 1. The Labute approximate surface area is 117 Å². The zero-order valence-electron chi connectivity index (χ0n) is 11.8. The lowest BCUT2D eigenvalue weighted by atomic mass is 10.1. The van der Waals surface area contributed by atoms with Crippen molar-refractivity contribution in [3.8, 4) is 5.75 Å². The minimum absolute atomic E-state index is 0.170. The molecule has 0 aliphatic carbocycles. The van der Waals surface area contributed by atoms with Crippen molar-refractivity contribution < 1.29 is 13.9 Å². The average molecular weight is 274 g/mol. The molecule has 5 heteroatoms. The van der Waals surface area contributed by atoms with Gasteiger partial charge in [0.25, 0.3) is 0 Å². The molecule has 1 aromatic heterocycles. The van der Waals surface area contributed by atoms with Gasteiger partial charge in [-0.3, -0.25) is 10.2 Å². The predicted octanol–water partition coefficient (Wildman–Crippen LogP) is 2.39. The van der Waals surface area contributed by atoms with E-state index in [1.165, 1.54) is 5.56 Å². The van der Waals surface area contributed by atoms with Crippen LogP contribution in [-0.4, -0.2) is 5.91 Å². The van der Waals surface area contributed by atoms with Crippen LogP contribution in [0, 0.1) is 20.8 Å². The first-order valence-electron chi connectivity index (χ1n) is 6.32. The summed E-state index contributed by atoms with van der Waals surface area (Å²) in [6, 6.07) is 7.35. The third kappa shape index (κ3) is 2.83. The summed E-state index contributed by atoms with van der Waals surface area (Å²) in [4.78, 5) is 11.3. The van der Waals surface area contributed by atoms with E-state index in [1.54, 1.807) is 12.1 Å². The maximum atomic E-state index is 11.3. The van der Waals surface area contributed by atoms with Gasteiger partial charge in [0, 0.05) is 0 Å². The van der Waals surface area contributed by atoms with Gasteiger partial charge in [-0.05, 0) is 49.6 Å². The van der Waals surface area contributed by atoms with E-state index in [1.807, 2.05) is 32.3 Å². The minimum Gasteiger partial charge on any atom is -0.485 e. The topological polar surface area (TPSA) is 77.5 Å². The standard InChI is InChI=1S/C15H18N2O3/c1-9-4-5-10(2)14(11(9)3)19-8-12-6-7-13(20-12)15(18)17-16/h4-7H,8,16H2,1-3H3,(H,17,18). The summed E-state index contributed by atoms with van der Waals surface area (Å²) in [5.74, 6) is 6.18. The number of nitrogens with one attached hydrogen (secondary N) is 1. The molecule has 0 aliphatic rings. The fourth-order valence-electron chi connectivity index (χ4n) is 1.94. The molecular formula is C15H18N2O3. The molecule has 106 valence electrons. The van der Waals surface area contributed by atoms with Crippen molar-refractivity contribution in [1.82, 2.24) is 5.43 Å². The average Bonchev–Trinajstić information content (AvgIpc) is 2.91. The van der Waals surface area contributed by atoms with Gasteiger partial charge in [0.15, 0.2) is 5.76 Å². The van der Waals surface area contributed by atoms with E-state index in [4.69, 9.17) is 15.0 Å². The minimum atomic E-state index is -0.459. The van der Waals surface area contributed by atoms with Gasteiger partial charge in [-0.25, -0.2) is 5.84 Å². The van der Waals surface area contributed by atoms with Crippen molar-refractivity contribution in [2.75, 3.05) is 0 Å². The molecule has 20 heavy (non-hydrogen) atoms. The summed E-state index contributed by atoms with van der Waals surface area (Å²) in [5.41, 5.74) is 5.37. The smallest absolute Gasteiger partial charge is 0.300 e. The predicted molar refractivity (Wildman–Crippen MR) is 75.3 cm³/mol. The van der Waals surface area contributed by atoms with Crippen molar-refractivity contribution in [3.63, 3.8) is 0 Å². The second-order valence-electron chi connectivity index (χ2n) is 4.68. The third-order valence-corrected chi connectivity index (χ3v) is 3.25. The summed E-state index contributed by atoms with van der Waals surface area (Å²) >= 11 is 0. The lowest BCUT2D eigenvalue weighted by Gasteiger charge is -2.12. The van der Waals surface area contributed by atoms with E-state index in [9.17, 15) is 4.79 Å². The number of furan rings is 1. The van der Waals surface area contributed by atoms with Crippen LogP contribution in [0.3, 0.4) is 0 Å². The van der Waals surface area contributed by atoms with E-state index in [0.717, 1.165) is 16.9 Å². The molecule has 1 amide bonds. The molecule has 2 aromatic rings. The molecular weight excluding hydrogens is 256 g/mol. The van der Waals surface area contributed by atoms with Crippen molar-refractivity contribution in [2.24, 2.45) is 5.84 Å². The van der Waals surface area contributed by atoms with Gasteiger partial charge in [0.05, 0.1) is 0 Å². The Balaban J connectivity index is 2.11. The molecule has 1 heterocycles. The lowest BCUT2D eigenvalue weighted by Crippen LogP contribution is -2.29. The van der Waals surface area contributed by atoms with Gasteiger partial charge in [0.1, 0.15) is 18.1 Å². The van der Waals surface area contributed by atoms with Gasteiger partial charge >= 0.3 is 5.91 Å². The highest BCUT2D eigenvalue weighted by Gasteiger charge is 2.11. The largest absolute Gasteiger partial charge is 0.485 e. The highest BCUT2D eigenvalue weighted by molar-refractivity contribution is 5.90. The van der Waals surface area contributed by atoms with Crippen molar-refractivity contribution >= 4 is 5.91 Å². The molecule has 0 unspecified atom stereocenters. The summed E-state index contributed by atoms with van der Waals surface area (Å²) in [7, 11) is 0. The maximum Gasteiger partial charge on any atom is 0.300 e. The second kappa shape index (κ2) is 5.79. The lowest BCUT2D eigenvalue weighted by molar-refractivity contribution is 0.0922. The van der Waals surface area contributed by atoms with Gasteiger partial charge in [-0.1, -0.05) is 12.1 Å². The van der Waals surface area contributed by atoms with E-state index in [-0.39, 0.29) is 12.4 Å². The van der Waals surface area contributed by atoms with Crippen LogP contribution in [0.1, 0.15) is 33.0 Å². The number of nitrogen functional groups attached to an aromatic ring is 1. The van der Waals surface area contributed by atoms with Gasteiger partial charge in [-0.2, -0.15) is 0 Å². The number of carbonyl (C=O) groups excluding carboxylic acids is 1. The third-order valence-electron chi connectivity index (χ3n) is 3.25. The normalized spacial score (nSPS) is 10.4. The van der Waals surface area contributed by atoms with Crippen LogP contribution in [0.4, 0.5) is 0 Å². The molecule has 0 saturated heterocycles. The molecule has 0 spiro atoms. The Morgan fingerprint density at radius 1 is 1.20 bits per heavy atom. The molecule has 2 rings (SSSR count). The second-order valence-corrected chi connectivity index (χ2v) is 4.68. The molecule has 3 N–H and O–H groups in total. The molecule has 5 nitrogen and oxygen atoms in total. The van der Waals surface area contributed by atoms with Crippen molar-refractivity contribution in [1.29, 1.82) is 0 Å². The van der Waals surface area contributed by atoms with Crippen LogP contribution in [-0.2, 0) is 6.61 Å². The number of rotatable bonds is 4. The molecule has 0 radical (unpaired) electrons. The van der Waals surface area contributed by atoms with Crippen LogP contribution in [0.15, 0.2) is 28.7 Å². The van der Waals surface area contributed by atoms with Crippen molar-refractivity contribution in [2.45, 2.75) is 27.4 Å². The number of nitrogens with two attached hydrogens (primary N) is 1. The summed E-state index contributed by atoms with van der Waals surface area (Å²) < 4.78 is 11.2. The number of carbonyl (C=O) groups is 1. The molecule has 0 bridgehead atoms. The fourth-order valence-corrected chi connectivity index (χ4v) is 1.94. The summed E-state index contributed by atoms with van der Waals surface area (Å²) in [6.45, 7) is 6.32. The van der Waals surface area contributed by atoms with Crippen molar-refractivity contribution in [3.05, 3.63) is 52.5 Å². The molecule has 0 fully saturated rings. The van der Waals surface area contributed by atoms with E-state index in [2.05, 4.69) is 6.07 Å². The molecule has 0 saturated carbocycles. The van der Waals surface area contributed by atoms with Crippen LogP contribution < -0.4 is 16.0 Å². The Morgan fingerprint density at radius 3 is 2.60 bits per heavy atom. The molecule has 1 aromatic carbocycles. The number of benzene rings is 1. The number of amides is 1. The Hall–Kier alpha value is -2.27. The monoisotopic (exact) mass is 274 g/mol. The first kappa shape index (κ1) is 14.1. The summed E-state index contributed by atoms with van der Waals surface area (Å²) in [5, 5.41) is 0. The van der Waals surface area contributed by atoms with Crippen LogP contribution in [0.2, 0.25) is 0 Å². The van der Waals surface area contributed by atoms with Crippen LogP contribution in [0.25, 0.3) is 0 Å². The maximum absolute atomic E-state index is 11.3. The zero-order valence-corrected chi connectivity index (χ0v) is 11.8. The number of hydrogen-bond acceptors (Lipinski definition) is 4. The molecule has 0 atom stereocenters. The Morgan fingerprint density at radius 2 is 1.90 bits per heavy atom. The van der Waals surface area contributed by atoms with Crippen LogP contribution in [0.5, 0.6) is 5.75 Å². The van der Waals surface area contributed by atoms with Gasteiger partial charge in [0.2, 0.25) is 0 Å². The fraction of sp³-hybridized carbons (Fsp3) is 0.267. The van der Waals surface area contributed by atoms with Crippen LogP contribution >= 0.6 is 0 Å². The van der Waals surface area contributed by atoms with Gasteiger partial charge in [-0.15, -0.1) is 0 Å². The van der Waals surface area contributed by atoms with Gasteiger partial charge < -0.3 is 9.15 Å². The van der Waals surface area contributed by atoms with E-state index < -0.39 is 5.91 Å². The molecule has 0 aliphatic heterocycles. The quantitative estimate of drug-likeness (QED) is 0.510. The zero-order chi connectivity index (χ0) is 14.7. The summed E-state index contributed by atoms with van der Waals surface area (Å²) in [6.07, 6.45) is 0. The number of ether oxygens (including phenoxy) is 1. The number of hydrogen-bond donors (Lipinski definition) is 2. The van der Waals surface area contributed by atoms with E-state index in [0.29, 0.717) is 5.76 Å². The highest BCUT2D eigenvalue weighted by Crippen LogP contribution is 2.26. The van der Waals surface area contributed by atoms with E-state index >= 15 is 0 Å². The Kier molecular flexibility index (Phi) is 4.10. The number of aryl methyl sites for hydroxylation is 2. The highest BCUT2D eigenvalue weighted by atomic mass is 16.5.